The number of amides is 2. The van der Waals surface area contributed by atoms with Gasteiger partial charge in [0.25, 0.3) is 0 Å². The Morgan fingerprint density at radius 2 is 2.08 bits per heavy atom. The summed E-state index contributed by atoms with van der Waals surface area (Å²) in [6.07, 6.45) is 2.90. The second-order valence-corrected chi connectivity index (χ2v) is 4.90. The van der Waals surface area contributed by atoms with Crippen LogP contribution in [0, 0.1) is 5.92 Å². The quantitative estimate of drug-likeness (QED) is 0.769. The molecular formula is C17H28N4O3. The Morgan fingerprint density at radius 1 is 1.38 bits per heavy atom. The van der Waals surface area contributed by atoms with Gasteiger partial charge in [-0.1, -0.05) is 19.9 Å². The third-order valence-corrected chi connectivity index (χ3v) is 3.13. The molecule has 1 aromatic heterocycles. The van der Waals surface area contributed by atoms with Crippen molar-refractivity contribution in [3.63, 3.8) is 0 Å². The summed E-state index contributed by atoms with van der Waals surface area (Å²) in [5.74, 6) is -0.0820. The van der Waals surface area contributed by atoms with E-state index >= 15 is 0 Å². The van der Waals surface area contributed by atoms with E-state index in [2.05, 4.69) is 15.6 Å². The number of nitrogens with one attached hydrogen (secondary N) is 2. The molecule has 24 heavy (non-hydrogen) atoms. The van der Waals surface area contributed by atoms with Crippen LogP contribution in [0.5, 0.6) is 0 Å². The minimum Gasteiger partial charge on any atom is -0.358 e. The molecule has 1 atom stereocenters. The number of hydrogen-bond donors (Lipinski definition) is 2. The number of likely N-dealkylation sites (N-methyl/N-ethyl adjacent to an activating group) is 2. The molecular weight excluding hydrogens is 308 g/mol. The van der Waals surface area contributed by atoms with E-state index in [1.807, 2.05) is 32.0 Å². The van der Waals surface area contributed by atoms with Crippen molar-refractivity contribution in [2.24, 2.45) is 5.92 Å². The molecule has 1 saturated heterocycles. The molecule has 0 saturated carbocycles. The fourth-order valence-electron chi connectivity index (χ4n) is 1.98. The van der Waals surface area contributed by atoms with E-state index in [1.165, 1.54) is 0 Å². The molecule has 0 radical (unpaired) electrons. The van der Waals surface area contributed by atoms with Gasteiger partial charge < -0.3 is 20.3 Å². The maximum atomic E-state index is 11.5. The molecule has 1 fully saturated rings. The fraction of sp³-hybridized carbons (Fsp3) is 0.529. The molecule has 2 amide bonds. The van der Waals surface area contributed by atoms with Crippen molar-refractivity contribution in [3.05, 3.63) is 30.1 Å². The van der Waals surface area contributed by atoms with Crippen LogP contribution >= 0.6 is 0 Å². The lowest BCUT2D eigenvalue weighted by Gasteiger charge is -2.14. The highest BCUT2D eigenvalue weighted by Crippen LogP contribution is 2.17. The number of hydrogen-bond acceptors (Lipinski definition) is 5. The topological polar surface area (TPSA) is 91.4 Å². The normalized spacial score (nSPS) is 15.6. The monoisotopic (exact) mass is 336 g/mol. The Labute approximate surface area is 143 Å². The van der Waals surface area contributed by atoms with Crippen molar-refractivity contribution in [1.29, 1.82) is 0 Å². The molecule has 2 rings (SSSR count). The Bertz CT molecular complexity index is 494. The summed E-state index contributed by atoms with van der Waals surface area (Å²) in [6, 6.07) is 5.60. The Hall–Kier alpha value is -2.28. The van der Waals surface area contributed by atoms with Gasteiger partial charge in [0.2, 0.25) is 11.8 Å². The summed E-state index contributed by atoms with van der Waals surface area (Å²) < 4.78 is 0. The standard InChI is InChI=1S/C11H12N2O2.C4H10N2O.C2H6/c14-8-9-5-11(15)13(6-9)7-10-3-1-2-4-12-10;1-5-3-4(7)6-2;1-2/h1-4,8-9H,5-7H2;5H,3H2,1-2H3,(H,6,7);1-2H3. The Kier molecular flexibility index (Phi) is 11.9. The number of nitrogens with zero attached hydrogens (tertiary/aromatic N) is 2. The third kappa shape index (κ3) is 8.38. The predicted octanol–water partition coefficient (Wildman–Crippen LogP) is 0.607. The van der Waals surface area contributed by atoms with Gasteiger partial charge in [0, 0.05) is 32.1 Å². The van der Waals surface area contributed by atoms with Crippen molar-refractivity contribution in [2.45, 2.75) is 26.8 Å². The molecule has 0 aliphatic carbocycles. The Morgan fingerprint density at radius 3 is 2.50 bits per heavy atom. The van der Waals surface area contributed by atoms with Crippen LogP contribution in [0.3, 0.4) is 0 Å². The van der Waals surface area contributed by atoms with E-state index in [4.69, 9.17) is 0 Å². The first-order chi connectivity index (χ1) is 11.6. The van der Waals surface area contributed by atoms with Crippen molar-refractivity contribution < 1.29 is 14.4 Å². The molecule has 1 unspecified atom stereocenters. The van der Waals surface area contributed by atoms with E-state index in [0.717, 1.165) is 12.0 Å². The number of carbonyl (C=O) groups excluding carboxylic acids is 3. The molecule has 7 nitrogen and oxygen atoms in total. The van der Waals surface area contributed by atoms with Gasteiger partial charge in [-0.3, -0.25) is 14.6 Å². The molecule has 0 bridgehead atoms. The van der Waals surface area contributed by atoms with Crippen molar-refractivity contribution >= 4 is 18.1 Å². The van der Waals surface area contributed by atoms with Crippen LogP contribution in [0.1, 0.15) is 26.0 Å². The minimum atomic E-state index is -0.138. The minimum absolute atomic E-state index is 0.0162. The van der Waals surface area contributed by atoms with Crippen LogP contribution < -0.4 is 10.6 Å². The second kappa shape index (κ2) is 13.2. The summed E-state index contributed by atoms with van der Waals surface area (Å²) in [5.41, 5.74) is 0.859. The van der Waals surface area contributed by atoms with Gasteiger partial charge in [-0.2, -0.15) is 0 Å². The molecule has 1 aliphatic heterocycles. The largest absolute Gasteiger partial charge is 0.358 e. The predicted molar refractivity (Wildman–Crippen MR) is 93.2 cm³/mol. The van der Waals surface area contributed by atoms with Gasteiger partial charge in [-0.05, 0) is 19.2 Å². The average Bonchev–Trinajstić information content (AvgIpc) is 2.98. The summed E-state index contributed by atoms with van der Waals surface area (Å²) in [6.45, 7) is 5.43. The zero-order valence-electron chi connectivity index (χ0n) is 14.9. The summed E-state index contributed by atoms with van der Waals surface area (Å²) in [5, 5.41) is 5.17. The lowest BCUT2D eigenvalue weighted by Crippen LogP contribution is -2.28. The molecule has 1 aromatic rings. The van der Waals surface area contributed by atoms with E-state index in [-0.39, 0.29) is 17.7 Å². The van der Waals surface area contributed by atoms with Gasteiger partial charge in [-0.15, -0.1) is 0 Å². The van der Waals surface area contributed by atoms with Crippen LogP contribution in [0.25, 0.3) is 0 Å². The van der Waals surface area contributed by atoms with Crippen molar-refractivity contribution in [3.8, 4) is 0 Å². The SMILES string of the molecule is CC.CNCC(=O)NC.O=CC1CC(=O)N(Cc2ccccn2)C1. The van der Waals surface area contributed by atoms with Crippen LogP contribution in [-0.2, 0) is 20.9 Å². The first-order valence-electron chi connectivity index (χ1n) is 8.08. The zero-order chi connectivity index (χ0) is 18.4. The van der Waals surface area contributed by atoms with Gasteiger partial charge in [0.1, 0.15) is 6.29 Å². The number of rotatable bonds is 5. The van der Waals surface area contributed by atoms with Crippen LogP contribution in [-0.4, -0.2) is 55.2 Å². The summed E-state index contributed by atoms with van der Waals surface area (Å²) in [7, 11) is 3.34. The van der Waals surface area contributed by atoms with Gasteiger partial charge >= 0.3 is 0 Å². The summed E-state index contributed by atoms with van der Waals surface area (Å²) in [4.78, 5) is 38.1. The molecule has 1 aliphatic rings. The number of aromatic nitrogens is 1. The van der Waals surface area contributed by atoms with Crippen LogP contribution in [0.15, 0.2) is 24.4 Å². The third-order valence-electron chi connectivity index (χ3n) is 3.13. The summed E-state index contributed by atoms with van der Waals surface area (Å²) >= 11 is 0. The second-order valence-electron chi connectivity index (χ2n) is 4.90. The van der Waals surface area contributed by atoms with Crippen molar-refractivity contribution in [2.75, 3.05) is 27.2 Å². The maximum Gasteiger partial charge on any atom is 0.233 e. The van der Waals surface area contributed by atoms with Gasteiger partial charge in [0.05, 0.1) is 18.8 Å². The molecule has 0 aromatic carbocycles. The first kappa shape index (κ1) is 21.7. The molecule has 0 spiro atoms. The van der Waals surface area contributed by atoms with E-state index in [0.29, 0.717) is 26.1 Å². The van der Waals surface area contributed by atoms with E-state index in [9.17, 15) is 14.4 Å². The molecule has 134 valence electrons. The fourth-order valence-corrected chi connectivity index (χ4v) is 1.98. The Balaban J connectivity index is 0.000000501. The van der Waals surface area contributed by atoms with Gasteiger partial charge in [0.15, 0.2) is 0 Å². The lowest BCUT2D eigenvalue weighted by atomic mass is 10.1. The molecule has 2 heterocycles. The number of pyridine rings is 1. The maximum absolute atomic E-state index is 11.5. The highest BCUT2D eigenvalue weighted by atomic mass is 16.2. The first-order valence-corrected chi connectivity index (χ1v) is 8.08. The number of likely N-dealkylation sites (tertiary alicyclic amines) is 1. The average molecular weight is 336 g/mol. The molecule has 2 N–H and O–H groups in total. The van der Waals surface area contributed by atoms with Crippen LogP contribution in [0.2, 0.25) is 0 Å². The van der Waals surface area contributed by atoms with Crippen molar-refractivity contribution in [1.82, 2.24) is 20.5 Å². The highest BCUT2D eigenvalue weighted by Gasteiger charge is 2.29. The number of aldehydes is 1. The lowest BCUT2D eigenvalue weighted by molar-refractivity contribution is -0.128. The van der Waals surface area contributed by atoms with Gasteiger partial charge in [-0.25, -0.2) is 0 Å². The van der Waals surface area contributed by atoms with E-state index in [1.54, 1.807) is 25.2 Å². The van der Waals surface area contributed by atoms with Crippen LogP contribution in [0.4, 0.5) is 0 Å². The van der Waals surface area contributed by atoms with E-state index < -0.39 is 0 Å². The zero-order valence-corrected chi connectivity index (χ0v) is 14.9. The highest BCUT2D eigenvalue weighted by molar-refractivity contribution is 5.82. The smallest absolute Gasteiger partial charge is 0.233 e. The number of carbonyl (C=O) groups is 3. The molecule has 7 heteroatoms.